The Morgan fingerprint density at radius 1 is 1.06 bits per heavy atom. The first-order chi connectivity index (χ1) is 16.0. The Hall–Kier alpha value is -3.42. The van der Waals surface area contributed by atoms with Crippen LogP contribution in [-0.2, 0) is 22.7 Å². The van der Waals surface area contributed by atoms with Crippen molar-refractivity contribution in [3.8, 4) is 0 Å². The first-order valence-corrected chi connectivity index (χ1v) is 11.7. The van der Waals surface area contributed by atoms with E-state index in [2.05, 4.69) is 10.3 Å². The topological polar surface area (TPSA) is 89.2 Å². The Labute approximate surface area is 193 Å². The summed E-state index contributed by atoms with van der Waals surface area (Å²) in [4.78, 5) is 44.3. The van der Waals surface area contributed by atoms with E-state index in [4.69, 9.17) is 0 Å². The number of nitrogens with zero attached hydrogens (tertiary/aromatic N) is 4. The normalized spacial score (nSPS) is 14.5. The van der Waals surface area contributed by atoms with E-state index in [0.29, 0.717) is 44.8 Å². The lowest BCUT2D eigenvalue weighted by Crippen LogP contribution is -2.42. The van der Waals surface area contributed by atoms with Gasteiger partial charge < -0.3 is 10.2 Å². The maximum atomic E-state index is 12.9. The number of benzene rings is 1. The zero-order chi connectivity index (χ0) is 23.4. The van der Waals surface area contributed by atoms with Crippen molar-refractivity contribution >= 4 is 28.7 Å². The fourth-order valence-electron chi connectivity index (χ4n) is 4.52. The molecule has 8 nitrogen and oxygen atoms in total. The molecular formula is C25H31N5O3. The molecule has 174 valence electrons. The highest BCUT2D eigenvalue weighted by Crippen LogP contribution is 2.20. The number of para-hydroxylation sites is 2. The van der Waals surface area contributed by atoms with Gasteiger partial charge in [0.1, 0.15) is 5.82 Å². The summed E-state index contributed by atoms with van der Waals surface area (Å²) >= 11 is 0. The summed E-state index contributed by atoms with van der Waals surface area (Å²) in [5.41, 5.74) is 2.75. The molecule has 0 spiro atoms. The Kier molecular flexibility index (Phi) is 6.91. The van der Waals surface area contributed by atoms with Crippen molar-refractivity contribution in [1.82, 2.24) is 19.0 Å². The minimum atomic E-state index is -0.133. The number of aromatic nitrogens is 3. The van der Waals surface area contributed by atoms with E-state index in [1.807, 2.05) is 55.1 Å². The largest absolute Gasteiger partial charge is 0.343 e. The van der Waals surface area contributed by atoms with Gasteiger partial charge in [0.25, 0.3) is 0 Å². The maximum Gasteiger partial charge on any atom is 0.329 e. The van der Waals surface area contributed by atoms with Crippen molar-refractivity contribution in [3.05, 3.63) is 58.6 Å². The number of piperidine rings is 1. The van der Waals surface area contributed by atoms with Crippen LogP contribution in [0.5, 0.6) is 0 Å². The molecule has 33 heavy (non-hydrogen) atoms. The Morgan fingerprint density at radius 2 is 1.73 bits per heavy atom. The highest BCUT2D eigenvalue weighted by atomic mass is 16.2. The summed E-state index contributed by atoms with van der Waals surface area (Å²) in [7, 11) is 0. The lowest BCUT2D eigenvalue weighted by Gasteiger charge is -2.31. The lowest BCUT2D eigenvalue weighted by atomic mass is 9.95. The molecular weight excluding hydrogens is 418 g/mol. The van der Waals surface area contributed by atoms with Gasteiger partial charge in [0.15, 0.2) is 0 Å². The van der Waals surface area contributed by atoms with E-state index in [0.717, 1.165) is 23.0 Å². The average molecular weight is 450 g/mol. The fraction of sp³-hybridized carbons (Fsp3) is 0.440. The Balaban J connectivity index is 1.33. The van der Waals surface area contributed by atoms with Gasteiger partial charge in [-0.2, -0.15) is 0 Å². The van der Waals surface area contributed by atoms with Gasteiger partial charge >= 0.3 is 5.69 Å². The first kappa shape index (κ1) is 22.8. The number of hydrogen-bond acceptors (Lipinski definition) is 4. The number of imidazole rings is 1. The second-order valence-electron chi connectivity index (χ2n) is 8.69. The lowest BCUT2D eigenvalue weighted by molar-refractivity contribution is -0.134. The molecule has 0 bridgehead atoms. The Morgan fingerprint density at radius 3 is 2.36 bits per heavy atom. The minimum absolute atomic E-state index is 0.0217. The molecule has 1 saturated heterocycles. The van der Waals surface area contributed by atoms with Gasteiger partial charge in [0.05, 0.1) is 11.0 Å². The molecule has 4 rings (SSSR count). The van der Waals surface area contributed by atoms with Crippen molar-refractivity contribution in [3.63, 3.8) is 0 Å². The van der Waals surface area contributed by atoms with Crippen molar-refractivity contribution in [2.75, 3.05) is 18.4 Å². The summed E-state index contributed by atoms with van der Waals surface area (Å²) in [6.45, 7) is 6.11. The van der Waals surface area contributed by atoms with E-state index in [1.165, 1.54) is 0 Å². The molecule has 1 fully saturated rings. The molecule has 0 radical (unpaired) electrons. The van der Waals surface area contributed by atoms with Crippen molar-refractivity contribution in [2.45, 2.75) is 52.6 Å². The van der Waals surface area contributed by atoms with Crippen LogP contribution in [0.3, 0.4) is 0 Å². The molecule has 1 aliphatic heterocycles. The summed E-state index contributed by atoms with van der Waals surface area (Å²) in [5, 5.41) is 2.89. The van der Waals surface area contributed by atoms with E-state index >= 15 is 0 Å². The van der Waals surface area contributed by atoms with Crippen LogP contribution in [0.4, 0.5) is 5.82 Å². The van der Waals surface area contributed by atoms with Crippen LogP contribution in [0.15, 0.2) is 47.4 Å². The van der Waals surface area contributed by atoms with E-state index in [1.54, 1.807) is 15.3 Å². The van der Waals surface area contributed by atoms with Gasteiger partial charge in [-0.15, -0.1) is 0 Å². The van der Waals surface area contributed by atoms with Crippen LogP contribution in [0.2, 0.25) is 0 Å². The van der Waals surface area contributed by atoms with Crippen LogP contribution in [0.1, 0.15) is 38.2 Å². The predicted molar refractivity (Wildman–Crippen MR) is 128 cm³/mol. The van der Waals surface area contributed by atoms with Crippen LogP contribution in [0.25, 0.3) is 11.0 Å². The number of carbonyl (C=O) groups excluding carboxylic acids is 2. The smallest absolute Gasteiger partial charge is 0.329 e. The molecule has 0 aliphatic carbocycles. The van der Waals surface area contributed by atoms with Gasteiger partial charge in [-0.1, -0.05) is 19.1 Å². The van der Waals surface area contributed by atoms with Crippen LogP contribution < -0.4 is 11.0 Å². The SMILES string of the molecule is CCCn1c(=O)n(CCC(=O)N2CCC(C(=O)Nc3cc(C)ccn3)CC2)c2ccccc21. The molecule has 0 atom stereocenters. The third-order valence-corrected chi connectivity index (χ3v) is 6.31. The highest BCUT2D eigenvalue weighted by molar-refractivity contribution is 5.92. The number of anilines is 1. The van der Waals surface area contributed by atoms with Crippen molar-refractivity contribution < 1.29 is 9.59 Å². The second-order valence-corrected chi connectivity index (χ2v) is 8.69. The van der Waals surface area contributed by atoms with E-state index in [9.17, 15) is 14.4 Å². The van der Waals surface area contributed by atoms with Crippen LogP contribution >= 0.6 is 0 Å². The molecule has 2 amide bonds. The molecule has 2 aromatic heterocycles. The van der Waals surface area contributed by atoms with Crippen molar-refractivity contribution in [2.24, 2.45) is 5.92 Å². The molecule has 1 N–H and O–H groups in total. The highest BCUT2D eigenvalue weighted by Gasteiger charge is 2.27. The fourth-order valence-corrected chi connectivity index (χ4v) is 4.52. The average Bonchev–Trinajstić information content (AvgIpc) is 3.08. The molecule has 0 saturated carbocycles. The zero-order valence-electron chi connectivity index (χ0n) is 19.3. The maximum absolute atomic E-state index is 12.9. The number of aryl methyl sites for hydroxylation is 3. The van der Waals surface area contributed by atoms with E-state index < -0.39 is 0 Å². The number of pyridine rings is 1. The number of amides is 2. The quantitative estimate of drug-likeness (QED) is 0.600. The number of fused-ring (bicyclic) bond motifs is 1. The molecule has 0 unspecified atom stereocenters. The number of hydrogen-bond donors (Lipinski definition) is 1. The standard InChI is InChI=1S/C25H31N5O3/c1-3-13-29-20-6-4-5-7-21(20)30(25(29)33)16-11-23(31)28-14-9-19(10-15-28)24(32)27-22-17-18(2)8-12-26-22/h4-8,12,17,19H,3,9-11,13-16H2,1-2H3,(H,26,27,32). The zero-order valence-corrected chi connectivity index (χ0v) is 19.3. The number of nitrogens with one attached hydrogen (secondary N) is 1. The van der Waals surface area contributed by atoms with Gasteiger partial charge in [0, 0.05) is 44.7 Å². The summed E-state index contributed by atoms with van der Waals surface area (Å²) < 4.78 is 3.49. The van der Waals surface area contributed by atoms with Crippen LogP contribution in [-0.4, -0.2) is 43.9 Å². The molecule has 8 heteroatoms. The summed E-state index contributed by atoms with van der Waals surface area (Å²) in [6.07, 6.45) is 4.06. The summed E-state index contributed by atoms with van der Waals surface area (Å²) in [5.74, 6) is 0.404. The third kappa shape index (κ3) is 4.99. The third-order valence-electron chi connectivity index (χ3n) is 6.31. The summed E-state index contributed by atoms with van der Waals surface area (Å²) in [6, 6.07) is 11.5. The van der Waals surface area contributed by atoms with Gasteiger partial charge in [-0.25, -0.2) is 9.78 Å². The van der Waals surface area contributed by atoms with Gasteiger partial charge in [-0.05, 0) is 56.0 Å². The van der Waals surface area contributed by atoms with Crippen molar-refractivity contribution in [1.29, 1.82) is 0 Å². The van der Waals surface area contributed by atoms with Gasteiger partial charge in [-0.3, -0.25) is 18.7 Å². The Bertz CT molecular complexity index is 1200. The molecule has 1 aliphatic rings. The number of rotatable bonds is 7. The minimum Gasteiger partial charge on any atom is -0.343 e. The number of likely N-dealkylation sites (tertiary alicyclic amines) is 1. The molecule has 3 aromatic rings. The first-order valence-electron chi connectivity index (χ1n) is 11.7. The monoisotopic (exact) mass is 449 g/mol. The number of carbonyl (C=O) groups is 2. The van der Waals surface area contributed by atoms with Crippen LogP contribution in [0, 0.1) is 12.8 Å². The second kappa shape index (κ2) is 10.0. The molecule has 1 aromatic carbocycles. The van der Waals surface area contributed by atoms with Gasteiger partial charge in [0.2, 0.25) is 11.8 Å². The molecule has 3 heterocycles. The predicted octanol–water partition coefficient (Wildman–Crippen LogP) is 3.18. The van der Waals surface area contributed by atoms with E-state index in [-0.39, 0.29) is 29.8 Å².